The predicted molar refractivity (Wildman–Crippen MR) is 86.0 cm³/mol. The van der Waals surface area contributed by atoms with Crippen LogP contribution in [0.5, 0.6) is 0 Å². The van der Waals surface area contributed by atoms with Crippen LogP contribution in [0.25, 0.3) is 0 Å². The van der Waals surface area contributed by atoms with Crippen LogP contribution >= 0.6 is 7.26 Å². The third kappa shape index (κ3) is 2.48. The van der Waals surface area contributed by atoms with E-state index in [4.69, 9.17) is 0 Å². The number of carbonyl (C=O) groups is 1. The smallest absolute Gasteiger partial charge is 0.256 e. The van der Waals surface area contributed by atoms with Gasteiger partial charge in [0, 0.05) is 0 Å². The Labute approximate surface area is 116 Å². The van der Waals surface area contributed by atoms with Gasteiger partial charge in [-0.1, -0.05) is 35.9 Å². The Morgan fingerprint density at radius 3 is 1.95 bits per heavy atom. The fourth-order valence-corrected chi connectivity index (χ4v) is 5.76. The molecule has 2 rings (SSSR count). The van der Waals surface area contributed by atoms with Gasteiger partial charge in [0.2, 0.25) is 0 Å². The van der Waals surface area contributed by atoms with Gasteiger partial charge >= 0.3 is 0 Å². The van der Waals surface area contributed by atoms with E-state index in [1.54, 1.807) is 0 Å². The van der Waals surface area contributed by atoms with Gasteiger partial charge in [-0.2, -0.15) is 0 Å². The lowest BCUT2D eigenvalue weighted by atomic mass is 10.1. The number of benzene rings is 2. The summed E-state index contributed by atoms with van der Waals surface area (Å²) in [5.74, 6) is 0. The number of hydrogen-bond acceptors (Lipinski definition) is 1. The van der Waals surface area contributed by atoms with E-state index in [0.717, 1.165) is 5.30 Å². The summed E-state index contributed by atoms with van der Waals surface area (Å²) in [4.78, 5) is 11.9. The van der Waals surface area contributed by atoms with E-state index in [0.29, 0.717) is 0 Å². The average Bonchev–Trinajstić information content (AvgIpc) is 2.38. The van der Waals surface area contributed by atoms with Gasteiger partial charge in [0.15, 0.2) is 0 Å². The molecule has 0 spiro atoms. The normalized spacial score (nSPS) is 13.9. The van der Waals surface area contributed by atoms with Gasteiger partial charge in [0.25, 0.3) is 6.03 Å². The molecule has 0 N–H and O–H groups in total. The molecular formula is C17H20OP+. The highest BCUT2D eigenvalue weighted by atomic mass is 31.2. The maximum atomic E-state index is 11.9. The molecule has 98 valence electrons. The molecule has 0 heterocycles. The monoisotopic (exact) mass is 271 g/mol. The molecule has 0 saturated carbocycles. The first-order valence-corrected chi connectivity index (χ1v) is 8.76. The molecule has 0 aliphatic carbocycles. The molecule has 0 amide bonds. The Balaban J connectivity index is 2.70. The lowest BCUT2D eigenvalue weighted by molar-refractivity contribution is 0.569. The fraction of sp³-hybridized carbons (Fsp3) is 0.235. The van der Waals surface area contributed by atoms with Crippen molar-refractivity contribution in [2.45, 2.75) is 20.8 Å². The Bertz CT molecular complexity index is 581. The van der Waals surface area contributed by atoms with Crippen molar-refractivity contribution < 1.29 is 4.79 Å². The van der Waals surface area contributed by atoms with Crippen LogP contribution in [0, 0.1) is 20.8 Å². The van der Waals surface area contributed by atoms with Crippen molar-refractivity contribution in [3.05, 3.63) is 59.2 Å². The van der Waals surface area contributed by atoms with Crippen molar-refractivity contribution in [1.82, 2.24) is 0 Å². The van der Waals surface area contributed by atoms with E-state index < -0.39 is 7.26 Å². The van der Waals surface area contributed by atoms with Crippen molar-refractivity contribution in [3.8, 4) is 0 Å². The van der Waals surface area contributed by atoms with Crippen LogP contribution in [0.4, 0.5) is 0 Å². The second-order valence-electron chi connectivity index (χ2n) is 5.26. The zero-order valence-corrected chi connectivity index (χ0v) is 12.9. The number of carbonyl (C=O) groups excluding carboxylic acids is 1. The maximum Gasteiger partial charge on any atom is 0.266 e. The lowest BCUT2D eigenvalue weighted by Crippen LogP contribution is -2.26. The Kier molecular flexibility index (Phi) is 3.87. The van der Waals surface area contributed by atoms with Gasteiger partial charge in [-0.3, -0.25) is 4.79 Å². The first-order chi connectivity index (χ1) is 8.99. The molecule has 0 fully saturated rings. The van der Waals surface area contributed by atoms with Crippen molar-refractivity contribution >= 4 is 23.9 Å². The van der Waals surface area contributed by atoms with Gasteiger partial charge < -0.3 is 0 Å². The van der Waals surface area contributed by atoms with Crippen LogP contribution in [0.1, 0.15) is 16.7 Å². The van der Waals surface area contributed by atoms with Crippen LogP contribution in [0.3, 0.4) is 0 Å². The van der Waals surface area contributed by atoms with Crippen LogP contribution < -0.4 is 10.6 Å². The lowest BCUT2D eigenvalue weighted by Gasteiger charge is -2.20. The third-order valence-corrected chi connectivity index (χ3v) is 7.03. The van der Waals surface area contributed by atoms with Gasteiger partial charge in [-0.05, 0) is 44.0 Å². The summed E-state index contributed by atoms with van der Waals surface area (Å²) in [6.07, 6.45) is 0. The van der Waals surface area contributed by atoms with E-state index in [9.17, 15) is 4.79 Å². The van der Waals surface area contributed by atoms with E-state index in [-0.39, 0.29) is 0 Å². The minimum Gasteiger partial charge on any atom is -0.256 e. The van der Waals surface area contributed by atoms with Crippen LogP contribution in [-0.4, -0.2) is 12.7 Å². The molecule has 2 aromatic carbocycles. The molecule has 0 radical (unpaired) electrons. The molecular weight excluding hydrogens is 251 g/mol. The molecule has 19 heavy (non-hydrogen) atoms. The van der Waals surface area contributed by atoms with E-state index >= 15 is 0 Å². The summed E-state index contributed by atoms with van der Waals surface area (Å²) >= 11 is 0. The molecule has 1 nitrogen and oxygen atoms in total. The van der Waals surface area contributed by atoms with Crippen molar-refractivity contribution in [1.29, 1.82) is 0 Å². The molecule has 2 heteroatoms. The van der Waals surface area contributed by atoms with Crippen molar-refractivity contribution in [3.63, 3.8) is 0 Å². The zero-order valence-electron chi connectivity index (χ0n) is 12.0. The van der Waals surface area contributed by atoms with E-state index in [2.05, 4.69) is 51.7 Å². The fourth-order valence-electron chi connectivity index (χ4n) is 2.89. The van der Waals surface area contributed by atoms with E-state index in [1.165, 1.54) is 28.0 Å². The second-order valence-corrected chi connectivity index (χ2v) is 8.59. The third-order valence-electron chi connectivity index (χ3n) is 3.60. The summed E-state index contributed by atoms with van der Waals surface area (Å²) in [6.45, 7) is 8.43. The molecule has 1 unspecified atom stereocenters. The summed E-state index contributed by atoms with van der Waals surface area (Å²) in [5.41, 5.74) is 3.71. The summed E-state index contributed by atoms with van der Waals surface area (Å²) in [6, 6.07) is 15.7. The highest BCUT2D eigenvalue weighted by molar-refractivity contribution is 8.00. The van der Waals surface area contributed by atoms with Gasteiger partial charge in [0.1, 0.15) is 17.9 Å². The second kappa shape index (κ2) is 5.27. The summed E-state index contributed by atoms with van der Waals surface area (Å²) < 4.78 is 0. The first-order valence-electron chi connectivity index (χ1n) is 6.45. The predicted octanol–water partition coefficient (Wildman–Crippen LogP) is 3.40. The minimum absolute atomic E-state index is 1.15. The quantitative estimate of drug-likeness (QED) is 0.617. The highest BCUT2D eigenvalue weighted by Gasteiger charge is 2.40. The highest BCUT2D eigenvalue weighted by Crippen LogP contribution is 2.51. The SMILES string of the molecule is Cc1cc(C)c([P+](C)(C=O)c2ccccc2)c(C)c1. The minimum atomic E-state index is -1.93. The summed E-state index contributed by atoms with van der Waals surface area (Å²) in [7, 11) is -1.93. The molecule has 0 aliphatic heterocycles. The molecule has 0 aromatic heterocycles. The number of aryl methyl sites for hydroxylation is 3. The molecule has 1 atom stereocenters. The molecule has 2 aromatic rings. The summed E-state index contributed by atoms with van der Waals surface area (Å²) in [5, 5.41) is 2.39. The van der Waals surface area contributed by atoms with Crippen LogP contribution in [0.2, 0.25) is 0 Å². The van der Waals surface area contributed by atoms with Gasteiger partial charge in [0.05, 0.1) is 6.66 Å². The molecule has 0 aliphatic rings. The van der Waals surface area contributed by atoms with Crippen molar-refractivity contribution in [2.24, 2.45) is 0 Å². The Morgan fingerprint density at radius 1 is 0.947 bits per heavy atom. The topological polar surface area (TPSA) is 17.1 Å². The van der Waals surface area contributed by atoms with Crippen LogP contribution in [-0.2, 0) is 4.79 Å². The largest absolute Gasteiger partial charge is 0.266 e. The molecule has 0 bridgehead atoms. The molecule has 0 saturated heterocycles. The average molecular weight is 271 g/mol. The van der Waals surface area contributed by atoms with Crippen LogP contribution in [0.15, 0.2) is 42.5 Å². The van der Waals surface area contributed by atoms with E-state index in [1.807, 2.05) is 18.2 Å². The maximum absolute atomic E-state index is 11.9. The van der Waals surface area contributed by atoms with Gasteiger partial charge in [-0.15, -0.1) is 0 Å². The number of hydrogen-bond donors (Lipinski definition) is 0. The Hall–Kier alpha value is -1.46. The number of rotatable bonds is 3. The Morgan fingerprint density at radius 2 is 1.47 bits per heavy atom. The zero-order chi connectivity index (χ0) is 14.0. The first kappa shape index (κ1) is 14.0. The van der Waals surface area contributed by atoms with Gasteiger partial charge in [-0.25, -0.2) is 0 Å². The van der Waals surface area contributed by atoms with Crippen molar-refractivity contribution in [2.75, 3.05) is 6.66 Å². The standard InChI is InChI=1S/C17H20OP/c1-13-10-14(2)17(15(3)11-13)19(4,12-18)16-8-6-5-7-9-16/h5-12H,1-4H3/q+1.